The molecule has 1 aromatic carbocycles. The number of nitrogens with zero attached hydrogens (tertiary/aromatic N) is 2. The van der Waals surface area contributed by atoms with E-state index < -0.39 is 4.92 Å². The Morgan fingerprint density at radius 3 is 2.72 bits per heavy atom. The largest absolute Gasteiger partial charge is 0.365 e. The first-order valence-electron chi connectivity index (χ1n) is 5.15. The third-order valence-corrected chi connectivity index (χ3v) is 2.44. The summed E-state index contributed by atoms with van der Waals surface area (Å²) in [4.78, 5) is 33.6. The standard InChI is InChI=1S/C11H13N3O4/c1-12-11(16)6-13(2)9-3-4-10(14(17)18)8(5-9)7-15/h3-5,7H,6H2,1-2H3,(H,12,16). The Hall–Kier alpha value is -2.44. The van der Waals surface area contributed by atoms with Crippen molar-refractivity contribution < 1.29 is 14.5 Å². The van der Waals surface area contributed by atoms with E-state index in [1.165, 1.54) is 25.2 Å². The van der Waals surface area contributed by atoms with Gasteiger partial charge in [-0.3, -0.25) is 19.7 Å². The minimum Gasteiger partial charge on any atom is -0.365 e. The van der Waals surface area contributed by atoms with Crippen LogP contribution in [0.1, 0.15) is 10.4 Å². The normalized spacial score (nSPS) is 9.67. The number of nitro benzene ring substituents is 1. The predicted octanol–water partition coefficient (Wildman–Crippen LogP) is 0.589. The molecule has 0 fully saturated rings. The van der Waals surface area contributed by atoms with E-state index in [-0.39, 0.29) is 23.7 Å². The number of rotatable bonds is 5. The molecule has 1 amide bonds. The lowest BCUT2D eigenvalue weighted by atomic mass is 10.1. The van der Waals surface area contributed by atoms with E-state index in [2.05, 4.69) is 5.32 Å². The number of amides is 1. The number of carbonyl (C=O) groups is 2. The van der Waals surface area contributed by atoms with Gasteiger partial charge >= 0.3 is 0 Å². The number of likely N-dealkylation sites (N-methyl/N-ethyl adjacent to an activating group) is 2. The second kappa shape index (κ2) is 5.76. The number of benzene rings is 1. The number of carbonyl (C=O) groups excluding carboxylic acids is 2. The summed E-state index contributed by atoms with van der Waals surface area (Å²) >= 11 is 0. The van der Waals surface area contributed by atoms with E-state index >= 15 is 0 Å². The summed E-state index contributed by atoms with van der Waals surface area (Å²) in [5.74, 6) is -0.191. The maximum Gasteiger partial charge on any atom is 0.280 e. The molecule has 96 valence electrons. The fraction of sp³-hybridized carbons (Fsp3) is 0.273. The third kappa shape index (κ3) is 3.03. The molecule has 7 nitrogen and oxygen atoms in total. The fourth-order valence-electron chi connectivity index (χ4n) is 1.43. The van der Waals surface area contributed by atoms with Gasteiger partial charge < -0.3 is 10.2 Å². The molecule has 1 aromatic rings. The van der Waals surface area contributed by atoms with Gasteiger partial charge in [0.1, 0.15) is 0 Å². The van der Waals surface area contributed by atoms with Crippen LogP contribution in [0.15, 0.2) is 18.2 Å². The van der Waals surface area contributed by atoms with Gasteiger partial charge in [0.05, 0.1) is 17.0 Å². The first-order valence-corrected chi connectivity index (χ1v) is 5.15. The summed E-state index contributed by atoms with van der Waals surface area (Å²) in [6, 6.07) is 4.13. The van der Waals surface area contributed by atoms with Crippen molar-refractivity contribution in [2.24, 2.45) is 0 Å². The van der Waals surface area contributed by atoms with Crippen LogP contribution in [0, 0.1) is 10.1 Å². The van der Waals surface area contributed by atoms with Crippen molar-refractivity contribution in [3.8, 4) is 0 Å². The Labute approximate surface area is 104 Å². The molecule has 0 radical (unpaired) electrons. The average molecular weight is 251 g/mol. The van der Waals surface area contributed by atoms with Gasteiger partial charge in [-0.05, 0) is 12.1 Å². The van der Waals surface area contributed by atoms with E-state index in [0.717, 1.165) is 0 Å². The lowest BCUT2D eigenvalue weighted by molar-refractivity contribution is -0.385. The lowest BCUT2D eigenvalue weighted by Crippen LogP contribution is -2.32. The topological polar surface area (TPSA) is 92.6 Å². The van der Waals surface area contributed by atoms with Crippen LogP contribution >= 0.6 is 0 Å². The minimum absolute atomic E-state index is 0.0127. The molecule has 0 aliphatic heterocycles. The van der Waals surface area contributed by atoms with Crippen molar-refractivity contribution in [1.82, 2.24) is 5.32 Å². The highest BCUT2D eigenvalue weighted by Crippen LogP contribution is 2.22. The maximum absolute atomic E-state index is 11.2. The molecule has 0 bridgehead atoms. The van der Waals surface area contributed by atoms with Gasteiger partial charge in [-0.1, -0.05) is 0 Å². The van der Waals surface area contributed by atoms with Crippen LogP contribution in [-0.4, -0.2) is 37.8 Å². The Balaban J connectivity index is 3.01. The zero-order valence-electron chi connectivity index (χ0n) is 10.0. The Bertz CT molecular complexity index is 487. The molecule has 0 aromatic heterocycles. The zero-order valence-corrected chi connectivity index (χ0v) is 10.0. The Morgan fingerprint density at radius 1 is 1.56 bits per heavy atom. The first-order chi connectivity index (χ1) is 8.49. The van der Waals surface area contributed by atoms with Crippen molar-refractivity contribution in [2.45, 2.75) is 0 Å². The highest BCUT2D eigenvalue weighted by Gasteiger charge is 2.15. The number of hydrogen-bond donors (Lipinski definition) is 1. The highest BCUT2D eigenvalue weighted by atomic mass is 16.6. The molecule has 18 heavy (non-hydrogen) atoms. The molecule has 1 N–H and O–H groups in total. The van der Waals surface area contributed by atoms with Gasteiger partial charge in [-0.2, -0.15) is 0 Å². The van der Waals surface area contributed by atoms with Crippen molar-refractivity contribution in [3.63, 3.8) is 0 Å². The van der Waals surface area contributed by atoms with E-state index in [4.69, 9.17) is 0 Å². The Kier molecular flexibility index (Phi) is 4.36. The minimum atomic E-state index is -0.619. The summed E-state index contributed by atoms with van der Waals surface area (Å²) in [6.45, 7) is 0.104. The SMILES string of the molecule is CNC(=O)CN(C)c1ccc([N+](=O)[O-])c(C=O)c1. The van der Waals surface area contributed by atoms with Gasteiger partial charge in [-0.15, -0.1) is 0 Å². The zero-order chi connectivity index (χ0) is 13.7. The van der Waals surface area contributed by atoms with Crippen molar-refractivity contribution >= 4 is 23.6 Å². The van der Waals surface area contributed by atoms with Crippen LogP contribution in [-0.2, 0) is 4.79 Å². The molecule has 0 aliphatic carbocycles. The predicted molar refractivity (Wildman–Crippen MR) is 65.8 cm³/mol. The van der Waals surface area contributed by atoms with Crippen molar-refractivity contribution in [2.75, 3.05) is 25.5 Å². The van der Waals surface area contributed by atoms with Crippen LogP contribution in [0.25, 0.3) is 0 Å². The van der Waals surface area contributed by atoms with Crippen molar-refractivity contribution in [3.05, 3.63) is 33.9 Å². The molecular weight excluding hydrogens is 238 g/mol. The number of nitro groups is 1. The molecule has 0 aliphatic rings. The van der Waals surface area contributed by atoms with Gasteiger partial charge in [0.2, 0.25) is 5.91 Å². The second-order valence-corrected chi connectivity index (χ2v) is 3.65. The summed E-state index contributed by atoms with van der Waals surface area (Å²) in [7, 11) is 3.17. The summed E-state index contributed by atoms with van der Waals surface area (Å²) in [5, 5.41) is 13.1. The third-order valence-electron chi connectivity index (χ3n) is 2.44. The van der Waals surface area contributed by atoms with E-state index in [1.807, 2.05) is 0 Å². The lowest BCUT2D eigenvalue weighted by Gasteiger charge is -2.18. The number of nitrogens with one attached hydrogen (secondary N) is 1. The van der Waals surface area contributed by atoms with Crippen molar-refractivity contribution in [1.29, 1.82) is 0 Å². The molecular formula is C11H13N3O4. The van der Waals surface area contributed by atoms with Gasteiger partial charge in [-0.25, -0.2) is 0 Å². The molecule has 0 saturated carbocycles. The second-order valence-electron chi connectivity index (χ2n) is 3.65. The maximum atomic E-state index is 11.2. The van der Waals surface area contributed by atoms with E-state index in [0.29, 0.717) is 12.0 Å². The van der Waals surface area contributed by atoms with E-state index in [9.17, 15) is 19.7 Å². The monoisotopic (exact) mass is 251 g/mol. The molecule has 0 heterocycles. The summed E-state index contributed by atoms with van der Waals surface area (Å²) in [6.07, 6.45) is 0.426. The smallest absolute Gasteiger partial charge is 0.280 e. The highest BCUT2D eigenvalue weighted by molar-refractivity contribution is 5.85. The number of anilines is 1. The molecule has 7 heteroatoms. The quantitative estimate of drug-likeness (QED) is 0.469. The molecule has 0 unspecified atom stereocenters. The summed E-state index contributed by atoms with van der Waals surface area (Å²) < 4.78 is 0. The van der Waals surface area contributed by atoms with Crippen LogP contribution < -0.4 is 10.2 Å². The van der Waals surface area contributed by atoms with Gasteiger partial charge in [0.25, 0.3) is 5.69 Å². The summed E-state index contributed by atoms with van der Waals surface area (Å²) in [5.41, 5.74) is 0.301. The van der Waals surface area contributed by atoms with E-state index in [1.54, 1.807) is 11.9 Å². The number of aldehydes is 1. The van der Waals surface area contributed by atoms with Gasteiger partial charge in [0.15, 0.2) is 6.29 Å². The molecule has 0 saturated heterocycles. The van der Waals surface area contributed by atoms with Crippen LogP contribution in [0.4, 0.5) is 11.4 Å². The van der Waals surface area contributed by atoms with Crippen LogP contribution in [0.3, 0.4) is 0 Å². The first kappa shape index (κ1) is 13.6. The number of hydrogen-bond acceptors (Lipinski definition) is 5. The van der Waals surface area contributed by atoms with Crippen LogP contribution in [0.5, 0.6) is 0 Å². The molecule has 0 spiro atoms. The molecule has 0 atom stereocenters. The van der Waals surface area contributed by atoms with Crippen LogP contribution in [0.2, 0.25) is 0 Å². The fourth-order valence-corrected chi connectivity index (χ4v) is 1.43. The van der Waals surface area contributed by atoms with Gasteiger partial charge in [0, 0.05) is 25.8 Å². The molecule has 1 rings (SSSR count). The Morgan fingerprint density at radius 2 is 2.22 bits per heavy atom. The average Bonchev–Trinajstić information content (AvgIpc) is 2.37.